The van der Waals surface area contributed by atoms with E-state index in [4.69, 9.17) is 10.00 Å². The number of rotatable bonds is 7. The molecule has 0 aliphatic heterocycles. The normalized spacial score (nSPS) is 10.4. The maximum absolute atomic E-state index is 12.1. The number of nitrogens with zero attached hydrogens (tertiary/aromatic N) is 2. The number of benzene rings is 3. The number of carbonyl (C=O) groups excluding carboxylic acids is 1. The molecule has 0 aliphatic rings. The molecule has 0 fully saturated rings. The van der Waals surface area contributed by atoms with E-state index in [9.17, 15) is 4.79 Å². The molecule has 0 bridgehead atoms. The summed E-state index contributed by atoms with van der Waals surface area (Å²) in [5.74, 6) is 0.685. The van der Waals surface area contributed by atoms with E-state index in [0.717, 1.165) is 39.0 Å². The van der Waals surface area contributed by atoms with Crippen molar-refractivity contribution in [1.29, 1.82) is 5.26 Å². The van der Waals surface area contributed by atoms with Gasteiger partial charge in [-0.3, -0.25) is 4.98 Å². The van der Waals surface area contributed by atoms with E-state index in [1.165, 1.54) is 0 Å². The van der Waals surface area contributed by atoms with E-state index in [0.29, 0.717) is 24.4 Å². The lowest BCUT2D eigenvalue weighted by molar-refractivity contribution is 0.252. The molecular formula is C27H25N5O2. The lowest BCUT2D eigenvalue weighted by Gasteiger charge is -2.15. The molecule has 0 atom stereocenters. The number of anilines is 2. The van der Waals surface area contributed by atoms with Gasteiger partial charge in [0.15, 0.2) is 5.75 Å². The summed E-state index contributed by atoms with van der Waals surface area (Å²) in [5.41, 5.74) is 5.94. The SMILES string of the molecule is COc1c(NCCNC(=O)Nc2cccc(C)c2)cnc2c(-c3ccc(C#N)cc3)cccc12. The monoisotopic (exact) mass is 451 g/mol. The lowest BCUT2D eigenvalue weighted by Crippen LogP contribution is -2.32. The minimum absolute atomic E-state index is 0.261. The molecule has 3 N–H and O–H groups in total. The highest BCUT2D eigenvalue weighted by atomic mass is 16.5. The van der Waals surface area contributed by atoms with Gasteiger partial charge < -0.3 is 20.7 Å². The highest BCUT2D eigenvalue weighted by Crippen LogP contribution is 2.36. The zero-order valence-corrected chi connectivity index (χ0v) is 19.1. The molecule has 0 saturated carbocycles. The number of hydrogen-bond acceptors (Lipinski definition) is 5. The van der Waals surface area contributed by atoms with Crippen LogP contribution in [0.1, 0.15) is 11.1 Å². The smallest absolute Gasteiger partial charge is 0.319 e. The Morgan fingerprint density at radius 2 is 1.85 bits per heavy atom. The topological polar surface area (TPSA) is 99.1 Å². The summed E-state index contributed by atoms with van der Waals surface area (Å²) in [6, 6.07) is 22.9. The number of para-hydroxylation sites is 1. The Morgan fingerprint density at radius 1 is 1.06 bits per heavy atom. The summed E-state index contributed by atoms with van der Waals surface area (Å²) < 4.78 is 5.71. The number of nitrogens with one attached hydrogen (secondary N) is 3. The maximum Gasteiger partial charge on any atom is 0.319 e. The Hall–Kier alpha value is -4.57. The molecule has 0 aliphatic carbocycles. The molecule has 4 aromatic rings. The highest BCUT2D eigenvalue weighted by molar-refractivity contribution is 5.99. The Kier molecular flexibility index (Phi) is 6.89. The number of aromatic nitrogens is 1. The van der Waals surface area contributed by atoms with Crippen LogP contribution < -0.4 is 20.7 Å². The molecule has 1 heterocycles. The fourth-order valence-corrected chi connectivity index (χ4v) is 3.77. The summed E-state index contributed by atoms with van der Waals surface area (Å²) in [7, 11) is 1.63. The number of fused-ring (bicyclic) bond motifs is 1. The first-order valence-electron chi connectivity index (χ1n) is 10.9. The van der Waals surface area contributed by atoms with Gasteiger partial charge in [-0.25, -0.2) is 4.79 Å². The van der Waals surface area contributed by atoms with Crippen molar-refractivity contribution in [2.24, 2.45) is 0 Å². The van der Waals surface area contributed by atoms with Crippen LogP contribution >= 0.6 is 0 Å². The average Bonchev–Trinajstić information content (AvgIpc) is 2.86. The predicted molar refractivity (Wildman–Crippen MR) is 135 cm³/mol. The first kappa shape index (κ1) is 22.6. The van der Waals surface area contributed by atoms with Crippen LogP contribution in [0.3, 0.4) is 0 Å². The molecular weight excluding hydrogens is 426 g/mol. The molecule has 0 saturated heterocycles. The molecule has 0 radical (unpaired) electrons. The Morgan fingerprint density at radius 3 is 2.59 bits per heavy atom. The van der Waals surface area contributed by atoms with Gasteiger partial charge in [-0.05, 0) is 48.4 Å². The van der Waals surface area contributed by atoms with Gasteiger partial charge in [0.25, 0.3) is 0 Å². The zero-order chi connectivity index (χ0) is 23.9. The molecule has 7 heteroatoms. The van der Waals surface area contributed by atoms with E-state index in [1.807, 2.05) is 61.5 Å². The number of urea groups is 1. The number of ether oxygens (including phenoxy) is 1. The third-order valence-electron chi connectivity index (χ3n) is 5.38. The van der Waals surface area contributed by atoms with Crippen LogP contribution in [0.15, 0.2) is 72.9 Å². The van der Waals surface area contributed by atoms with Gasteiger partial charge in [0.05, 0.1) is 36.1 Å². The molecule has 170 valence electrons. The third kappa shape index (κ3) is 5.08. The van der Waals surface area contributed by atoms with Gasteiger partial charge in [0, 0.05) is 29.7 Å². The minimum atomic E-state index is -0.261. The fraction of sp³-hybridized carbons (Fsp3) is 0.148. The molecule has 0 unspecified atom stereocenters. The van der Waals surface area contributed by atoms with Crippen LogP contribution in [-0.4, -0.2) is 31.2 Å². The van der Waals surface area contributed by atoms with Crippen molar-refractivity contribution in [2.75, 3.05) is 30.8 Å². The molecule has 2 amide bonds. The second kappa shape index (κ2) is 10.4. The number of pyridine rings is 1. The summed E-state index contributed by atoms with van der Waals surface area (Å²) >= 11 is 0. The van der Waals surface area contributed by atoms with Gasteiger partial charge in [0.1, 0.15) is 0 Å². The number of aryl methyl sites for hydroxylation is 1. The Labute approximate surface area is 198 Å². The van der Waals surface area contributed by atoms with E-state index in [2.05, 4.69) is 27.0 Å². The molecule has 7 nitrogen and oxygen atoms in total. The van der Waals surface area contributed by atoms with E-state index in [1.54, 1.807) is 25.4 Å². The van der Waals surface area contributed by atoms with E-state index < -0.39 is 0 Å². The van der Waals surface area contributed by atoms with E-state index in [-0.39, 0.29) is 6.03 Å². The van der Waals surface area contributed by atoms with Crippen molar-refractivity contribution in [2.45, 2.75) is 6.92 Å². The number of nitriles is 1. The Balaban J connectivity index is 1.45. The van der Waals surface area contributed by atoms with Crippen molar-refractivity contribution in [3.63, 3.8) is 0 Å². The standard InChI is InChI=1S/C27H25N5O2/c1-18-5-3-6-21(15-18)32-27(33)30-14-13-29-24-17-31-25-22(7-4-8-23(25)26(24)34-2)20-11-9-19(16-28)10-12-20/h3-12,15,17,29H,13-14H2,1-2H3,(H2,30,32,33). The van der Waals surface area contributed by atoms with Gasteiger partial charge in [-0.15, -0.1) is 0 Å². The van der Waals surface area contributed by atoms with Crippen molar-refractivity contribution < 1.29 is 9.53 Å². The van der Waals surface area contributed by atoms with Crippen molar-refractivity contribution >= 4 is 28.3 Å². The fourth-order valence-electron chi connectivity index (χ4n) is 3.77. The number of methoxy groups -OCH3 is 1. The third-order valence-corrected chi connectivity index (χ3v) is 5.38. The Bertz CT molecular complexity index is 1360. The predicted octanol–water partition coefficient (Wildman–Crippen LogP) is 5.32. The lowest BCUT2D eigenvalue weighted by atomic mass is 10.0. The van der Waals surface area contributed by atoms with Crippen molar-refractivity contribution in [3.8, 4) is 22.9 Å². The number of amides is 2. The summed E-state index contributed by atoms with van der Waals surface area (Å²) in [6.07, 6.45) is 1.74. The minimum Gasteiger partial charge on any atom is -0.494 e. The van der Waals surface area contributed by atoms with Crippen LogP contribution in [0.25, 0.3) is 22.0 Å². The average molecular weight is 452 g/mol. The van der Waals surface area contributed by atoms with Crippen LogP contribution in [0.4, 0.5) is 16.2 Å². The number of hydrogen-bond donors (Lipinski definition) is 3. The van der Waals surface area contributed by atoms with Gasteiger partial charge in [0.2, 0.25) is 0 Å². The van der Waals surface area contributed by atoms with Gasteiger partial charge in [-0.1, -0.05) is 36.4 Å². The summed E-state index contributed by atoms with van der Waals surface area (Å²) in [5, 5.41) is 18.9. The van der Waals surface area contributed by atoms with Gasteiger partial charge >= 0.3 is 6.03 Å². The second-order valence-electron chi connectivity index (χ2n) is 7.77. The molecule has 34 heavy (non-hydrogen) atoms. The number of carbonyl (C=O) groups is 1. The van der Waals surface area contributed by atoms with Crippen LogP contribution in [0.5, 0.6) is 5.75 Å². The largest absolute Gasteiger partial charge is 0.494 e. The summed E-state index contributed by atoms with van der Waals surface area (Å²) in [4.78, 5) is 16.8. The first-order valence-corrected chi connectivity index (χ1v) is 10.9. The highest BCUT2D eigenvalue weighted by Gasteiger charge is 2.13. The van der Waals surface area contributed by atoms with Gasteiger partial charge in [-0.2, -0.15) is 5.26 Å². The maximum atomic E-state index is 12.1. The molecule has 3 aromatic carbocycles. The molecule has 0 spiro atoms. The van der Waals surface area contributed by atoms with Crippen LogP contribution in [0, 0.1) is 18.3 Å². The van der Waals surface area contributed by atoms with Crippen LogP contribution in [-0.2, 0) is 0 Å². The van der Waals surface area contributed by atoms with Crippen molar-refractivity contribution in [1.82, 2.24) is 10.3 Å². The van der Waals surface area contributed by atoms with Crippen LogP contribution in [0.2, 0.25) is 0 Å². The summed E-state index contributed by atoms with van der Waals surface area (Å²) in [6.45, 7) is 2.90. The van der Waals surface area contributed by atoms with E-state index >= 15 is 0 Å². The second-order valence-corrected chi connectivity index (χ2v) is 7.77. The van der Waals surface area contributed by atoms with Crippen molar-refractivity contribution in [3.05, 3.63) is 84.1 Å². The first-order chi connectivity index (χ1) is 16.6. The zero-order valence-electron chi connectivity index (χ0n) is 19.1. The quantitative estimate of drug-likeness (QED) is 0.330. The molecule has 1 aromatic heterocycles. The molecule has 4 rings (SSSR count).